The zero-order chi connectivity index (χ0) is 24.4. The monoisotopic (exact) mass is 459 g/mol. The van der Waals surface area contributed by atoms with Crippen LogP contribution in [0.25, 0.3) is 5.70 Å². The summed E-state index contributed by atoms with van der Waals surface area (Å²) in [6.45, 7) is 4.42. The molecule has 10 nitrogen and oxygen atoms in total. The minimum Gasteiger partial charge on any atom is -0.372 e. The summed E-state index contributed by atoms with van der Waals surface area (Å²) in [5.74, 6) is -0.894. The lowest BCUT2D eigenvalue weighted by atomic mass is 10.0. The second kappa shape index (κ2) is 9.25. The number of carbonyl (C=O) groups excluding carboxylic acids is 2. The van der Waals surface area contributed by atoms with Crippen LogP contribution in [0.2, 0.25) is 0 Å². The SMILES string of the molecule is C[C@@H]1CN(C(=O)/C(C#N)=C2\N=C(NC(=O)c3cccc([N+](=O)[O-])c3)c3ccccc32)C[C@@H](C)O1. The van der Waals surface area contributed by atoms with Gasteiger partial charge in [0.05, 0.1) is 22.8 Å². The highest BCUT2D eigenvalue weighted by Crippen LogP contribution is 2.31. The largest absolute Gasteiger partial charge is 0.372 e. The number of hydrogen-bond donors (Lipinski definition) is 1. The number of non-ortho nitro benzene ring substituents is 1. The van der Waals surface area contributed by atoms with E-state index >= 15 is 0 Å². The number of aliphatic imine (C=N–C) groups is 1. The Hall–Kier alpha value is -4.36. The molecule has 34 heavy (non-hydrogen) atoms. The van der Waals surface area contributed by atoms with Crippen LogP contribution in [0.5, 0.6) is 0 Å². The van der Waals surface area contributed by atoms with E-state index in [4.69, 9.17) is 4.74 Å². The van der Waals surface area contributed by atoms with Crippen LogP contribution in [-0.2, 0) is 9.53 Å². The van der Waals surface area contributed by atoms with Crippen LogP contribution in [0.3, 0.4) is 0 Å². The average molecular weight is 459 g/mol. The Kier molecular flexibility index (Phi) is 6.21. The van der Waals surface area contributed by atoms with E-state index in [2.05, 4.69) is 10.3 Å². The number of nitriles is 1. The van der Waals surface area contributed by atoms with Crippen LogP contribution in [0.15, 0.2) is 59.1 Å². The second-order valence-electron chi connectivity index (χ2n) is 8.07. The van der Waals surface area contributed by atoms with Crippen LogP contribution in [0.1, 0.15) is 35.3 Å². The molecule has 4 rings (SSSR count). The summed E-state index contributed by atoms with van der Waals surface area (Å²) in [5.41, 5.74) is 0.988. The van der Waals surface area contributed by atoms with Gasteiger partial charge in [-0.2, -0.15) is 5.26 Å². The molecule has 0 aliphatic carbocycles. The molecule has 1 fully saturated rings. The van der Waals surface area contributed by atoms with Gasteiger partial charge in [-0.25, -0.2) is 4.99 Å². The number of hydrogen-bond acceptors (Lipinski definition) is 7. The lowest BCUT2D eigenvalue weighted by Gasteiger charge is -2.35. The second-order valence-corrected chi connectivity index (χ2v) is 8.07. The Balaban J connectivity index is 1.69. The van der Waals surface area contributed by atoms with E-state index in [0.29, 0.717) is 24.2 Å². The van der Waals surface area contributed by atoms with E-state index in [1.807, 2.05) is 19.9 Å². The molecule has 0 spiro atoms. The van der Waals surface area contributed by atoms with Crippen LogP contribution in [0.4, 0.5) is 5.69 Å². The van der Waals surface area contributed by atoms with Gasteiger partial charge >= 0.3 is 0 Å². The number of nitrogens with one attached hydrogen (secondary N) is 1. The van der Waals surface area contributed by atoms with Crippen molar-refractivity contribution in [2.45, 2.75) is 26.1 Å². The first-order valence-corrected chi connectivity index (χ1v) is 10.6. The van der Waals surface area contributed by atoms with E-state index in [1.165, 1.54) is 24.3 Å². The van der Waals surface area contributed by atoms with E-state index in [-0.39, 0.29) is 40.6 Å². The van der Waals surface area contributed by atoms with Gasteiger partial charge in [0.15, 0.2) is 0 Å². The molecule has 2 aromatic rings. The summed E-state index contributed by atoms with van der Waals surface area (Å²) in [5, 5.41) is 23.6. The standard InChI is InChI=1S/C24H21N5O5/c1-14-12-28(13-15(2)34-14)24(31)20(11-25)21-18-8-3-4-9-19(18)22(26-21)27-23(30)16-6-5-7-17(10-16)29(32)33/h3-10,14-15H,12-13H2,1-2H3,(H,26,27,30)/b21-20-/t14-,15-/m1/s1. The Morgan fingerprint density at radius 1 is 1.15 bits per heavy atom. The molecule has 2 heterocycles. The van der Waals surface area contributed by atoms with Crippen molar-refractivity contribution >= 4 is 29.0 Å². The van der Waals surface area contributed by atoms with Crippen LogP contribution in [-0.4, -0.2) is 52.8 Å². The van der Waals surface area contributed by atoms with Crippen molar-refractivity contribution in [2.24, 2.45) is 4.99 Å². The molecule has 2 aliphatic rings. The van der Waals surface area contributed by atoms with Crippen molar-refractivity contribution in [3.63, 3.8) is 0 Å². The Morgan fingerprint density at radius 2 is 1.82 bits per heavy atom. The number of benzene rings is 2. The zero-order valence-corrected chi connectivity index (χ0v) is 18.5. The number of nitro groups is 1. The van der Waals surface area contributed by atoms with Crippen molar-refractivity contribution in [1.29, 1.82) is 5.26 Å². The van der Waals surface area contributed by atoms with Gasteiger partial charge in [-0.05, 0) is 19.9 Å². The normalized spacial score (nSPS) is 20.6. The predicted octanol–water partition coefficient (Wildman–Crippen LogP) is 2.66. The minimum absolute atomic E-state index is 0.0830. The molecule has 0 saturated carbocycles. The molecule has 0 bridgehead atoms. The Morgan fingerprint density at radius 3 is 2.47 bits per heavy atom. The average Bonchev–Trinajstić information content (AvgIpc) is 3.17. The Labute approximate surface area is 195 Å². The molecule has 0 radical (unpaired) electrons. The van der Waals surface area contributed by atoms with Crippen molar-refractivity contribution in [3.05, 3.63) is 80.9 Å². The van der Waals surface area contributed by atoms with Gasteiger partial charge in [0.25, 0.3) is 17.5 Å². The van der Waals surface area contributed by atoms with Crippen LogP contribution in [0, 0.1) is 21.4 Å². The lowest BCUT2D eigenvalue weighted by Crippen LogP contribution is -2.48. The van der Waals surface area contributed by atoms with Gasteiger partial charge in [0.1, 0.15) is 17.5 Å². The summed E-state index contributed by atoms with van der Waals surface area (Å²) in [6.07, 6.45) is -0.330. The number of rotatable bonds is 3. The van der Waals surface area contributed by atoms with Gasteiger partial charge in [-0.15, -0.1) is 0 Å². The molecule has 2 amide bonds. The smallest absolute Gasteiger partial charge is 0.270 e. The van der Waals surface area contributed by atoms with Crippen molar-refractivity contribution in [2.75, 3.05) is 13.1 Å². The first-order valence-electron chi connectivity index (χ1n) is 10.6. The van der Waals surface area contributed by atoms with Crippen molar-refractivity contribution < 1.29 is 19.2 Å². The number of nitrogens with zero attached hydrogens (tertiary/aromatic N) is 4. The zero-order valence-electron chi connectivity index (χ0n) is 18.5. The van der Waals surface area contributed by atoms with Gasteiger partial charge in [0.2, 0.25) is 0 Å². The van der Waals surface area contributed by atoms with Gasteiger partial charge < -0.3 is 15.0 Å². The number of carbonyl (C=O) groups is 2. The number of ether oxygens (including phenoxy) is 1. The molecule has 2 aliphatic heterocycles. The third-order valence-corrected chi connectivity index (χ3v) is 5.48. The molecular formula is C24H21N5O5. The quantitative estimate of drug-likeness (QED) is 0.324. The first-order chi connectivity index (χ1) is 16.3. The van der Waals surface area contributed by atoms with Crippen LogP contribution < -0.4 is 5.32 Å². The van der Waals surface area contributed by atoms with E-state index in [1.54, 1.807) is 29.2 Å². The maximum Gasteiger partial charge on any atom is 0.270 e. The number of amides is 2. The lowest BCUT2D eigenvalue weighted by molar-refractivity contribution is -0.384. The van der Waals surface area contributed by atoms with E-state index < -0.39 is 16.7 Å². The highest BCUT2D eigenvalue weighted by molar-refractivity contribution is 6.20. The minimum atomic E-state index is -0.598. The predicted molar refractivity (Wildman–Crippen MR) is 123 cm³/mol. The molecule has 0 aromatic heterocycles. The molecular weight excluding hydrogens is 438 g/mol. The number of amidine groups is 1. The van der Waals surface area contributed by atoms with Gasteiger partial charge in [-0.1, -0.05) is 30.3 Å². The maximum atomic E-state index is 13.2. The fourth-order valence-corrected chi connectivity index (χ4v) is 4.06. The number of morpholine rings is 1. The van der Waals surface area contributed by atoms with Gasteiger partial charge in [0, 0.05) is 41.9 Å². The first kappa shape index (κ1) is 22.8. The van der Waals surface area contributed by atoms with E-state index in [0.717, 1.165) is 0 Å². The Bertz CT molecular complexity index is 1280. The number of nitro benzene ring substituents is 1. The van der Waals surface area contributed by atoms with Gasteiger partial charge in [-0.3, -0.25) is 19.7 Å². The van der Waals surface area contributed by atoms with Crippen molar-refractivity contribution in [3.8, 4) is 6.07 Å². The summed E-state index contributed by atoms with van der Waals surface area (Å²) in [4.78, 5) is 42.5. The third kappa shape index (κ3) is 4.42. The summed E-state index contributed by atoms with van der Waals surface area (Å²) in [6, 6.07) is 14.2. The molecule has 172 valence electrons. The fourth-order valence-electron chi connectivity index (χ4n) is 4.06. The van der Waals surface area contributed by atoms with E-state index in [9.17, 15) is 25.0 Å². The molecule has 1 saturated heterocycles. The highest BCUT2D eigenvalue weighted by atomic mass is 16.6. The summed E-state index contributed by atoms with van der Waals surface area (Å²) >= 11 is 0. The maximum absolute atomic E-state index is 13.2. The molecule has 10 heteroatoms. The van der Waals surface area contributed by atoms with Crippen molar-refractivity contribution in [1.82, 2.24) is 10.2 Å². The summed E-state index contributed by atoms with van der Waals surface area (Å²) in [7, 11) is 0. The number of fused-ring (bicyclic) bond motifs is 1. The molecule has 1 N–H and O–H groups in total. The molecule has 2 atom stereocenters. The molecule has 2 aromatic carbocycles. The summed E-state index contributed by atoms with van der Waals surface area (Å²) < 4.78 is 5.68. The topological polar surface area (TPSA) is 138 Å². The highest BCUT2D eigenvalue weighted by Gasteiger charge is 2.32. The fraction of sp³-hybridized carbons (Fsp3) is 0.250. The van der Waals surface area contributed by atoms with Crippen LogP contribution >= 0.6 is 0 Å². The molecule has 0 unspecified atom stereocenters. The third-order valence-electron chi connectivity index (χ3n) is 5.48.